The van der Waals surface area contributed by atoms with Gasteiger partial charge in [-0.15, -0.1) is 0 Å². The minimum absolute atomic E-state index is 0.0651. The van der Waals surface area contributed by atoms with Crippen molar-refractivity contribution in [2.45, 2.75) is 58.4 Å². The van der Waals surface area contributed by atoms with Gasteiger partial charge in [-0.1, -0.05) is 37.8 Å². The first-order valence-corrected chi connectivity index (χ1v) is 11.4. The topological polar surface area (TPSA) is 64.6 Å². The standard InChI is InChI=1S/C24H39N3O2/c1-19-7-8-21(17-27(13-14-28)12-11-25-2)15-22(19)23(29)26-18-24-9-3-5-20(16-24)6-4-10-24/h7-8,15,20,25,28H,3-6,9-14,16-18H2,1-2H3,(H,26,29). The second-order valence-corrected chi connectivity index (χ2v) is 9.29. The zero-order chi connectivity index (χ0) is 20.7. The second-order valence-electron chi connectivity index (χ2n) is 9.29. The van der Waals surface area contributed by atoms with Crippen molar-refractivity contribution in [2.75, 3.05) is 39.8 Å². The van der Waals surface area contributed by atoms with Crippen molar-refractivity contribution in [2.24, 2.45) is 11.3 Å². The molecule has 2 saturated carbocycles. The van der Waals surface area contributed by atoms with Gasteiger partial charge in [0.05, 0.1) is 6.61 Å². The molecule has 5 heteroatoms. The Hall–Kier alpha value is -1.43. The van der Waals surface area contributed by atoms with Gasteiger partial charge < -0.3 is 15.7 Å². The summed E-state index contributed by atoms with van der Waals surface area (Å²) >= 11 is 0. The molecule has 0 radical (unpaired) electrons. The number of hydrogen-bond donors (Lipinski definition) is 3. The highest BCUT2D eigenvalue weighted by atomic mass is 16.3. The number of fused-ring (bicyclic) bond motifs is 2. The summed E-state index contributed by atoms with van der Waals surface area (Å²) in [4.78, 5) is 15.2. The fourth-order valence-electron chi connectivity index (χ4n) is 5.38. The third kappa shape index (κ3) is 6.03. The molecule has 29 heavy (non-hydrogen) atoms. The Labute approximate surface area is 176 Å². The molecule has 3 N–H and O–H groups in total. The lowest BCUT2D eigenvalue weighted by Gasteiger charge is -2.45. The first-order valence-electron chi connectivity index (χ1n) is 11.4. The smallest absolute Gasteiger partial charge is 0.251 e. The van der Waals surface area contributed by atoms with Crippen molar-refractivity contribution >= 4 is 5.91 Å². The number of nitrogens with zero attached hydrogens (tertiary/aromatic N) is 1. The maximum atomic E-state index is 13.0. The van der Waals surface area contributed by atoms with Gasteiger partial charge in [0.1, 0.15) is 0 Å². The summed E-state index contributed by atoms with van der Waals surface area (Å²) in [5.74, 6) is 0.949. The van der Waals surface area contributed by atoms with Crippen LogP contribution in [0.25, 0.3) is 0 Å². The largest absolute Gasteiger partial charge is 0.395 e. The van der Waals surface area contributed by atoms with Crippen LogP contribution in [0.3, 0.4) is 0 Å². The molecule has 0 heterocycles. The van der Waals surface area contributed by atoms with Crippen LogP contribution in [0.5, 0.6) is 0 Å². The molecule has 1 amide bonds. The van der Waals surface area contributed by atoms with E-state index in [2.05, 4.69) is 27.7 Å². The molecule has 162 valence electrons. The average molecular weight is 402 g/mol. The van der Waals surface area contributed by atoms with Gasteiger partial charge in [-0.05, 0) is 61.8 Å². The number of rotatable bonds is 10. The van der Waals surface area contributed by atoms with E-state index in [1.807, 2.05) is 20.0 Å². The average Bonchev–Trinajstić information content (AvgIpc) is 2.72. The van der Waals surface area contributed by atoms with Gasteiger partial charge >= 0.3 is 0 Å². The molecular weight excluding hydrogens is 362 g/mol. The minimum atomic E-state index is 0.0651. The number of aliphatic hydroxyl groups excluding tert-OH is 1. The number of aliphatic hydroxyl groups is 1. The number of carbonyl (C=O) groups excluding carboxylic acids is 1. The minimum Gasteiger partial charge on any atom is -0.395 e. The van der Waals surface area contributed by atoms with Crippen LogP contribution in [0.1, 0.15) is 66.4 Å². The van der Waals surface area contributed by atoms with Crippen LogP contribution in [0.2, 0.25) is 0 Å². The van der Waals surface area contributed by atoms with Crippen LogP contribution in [-0.2, 0) is 6.54 Å². The van der Waals surface area contributed by atoms with E-state index in [4.69, 9.17) is 0 Å². The summed E-state index contributed by atoms with van der Waals surface area (Å²) in [6, 6.07) is 6.19. The van der Waals surface area contributed by atoms with Crippen molar-refractivity contribution in [1.82, 2.24) is 15.5 Å². The molecule has 0 aromatic heterocycles. The molecule has 2 aliphatic carbocycles. The van der Waals surface area contributed by atoms with Gasteiger partial charge in [0, 0.05) is 38.3 Å². The lowest BCUT2D eigenvalue weighted by atomic mass is 9.62. The van der Waals surface area contributed by atoms with E-state index in [-0.39, 0.29) is 12.5 Å². The van der Waals surface area contributed by atoms with Crippen molar-refractivity contribution in [3.63, 3.8) is 0 Å². The van der Waals surface area contributed by atoms with Crippen LogP contribution < -0.4 is 10.6 Å². The van der Waals surface area contributed by atoms with Crippen LogP contribution >= 0.6 is 0 Å². The van der Waals surface area contributed by atoms with Gasteiger partial charge in [0.15, 0.2) is 0 Å². The van der Waals surface area contributed by atoms with E-state index >= 15 is 0 Å². The molecule has 5 nitrogen and oxygen atoms in total. The van der Waals surface area contributed by atoms with Crippen molar-refractivity contribution in [3.8, 4) is 0 Å². The predicted octanol–water partition coefficient (Wildman–Crippen LogP) is 3.10. The third-order valence-electron chi connectivity index (χ3n) is 7.03. The second kappa shape index (κ2) is 10.6. The molecule has 0 saturated heterocycles. The lowest BCUT2D eigenvalue weighted by molar-refractivity contribution is 0.0681. The van der Waals surface area contributed by atoms with Crippen molar-refractivity contribution in [3.05, 3.63) is 34.9 Å². The Morgan fingerprint density at radius 1 is 1.24 bits per heavy atom. The Morgan fingerprint density at radius 2 is 2.00 bits per heavy atom. The van der Waals surface area contributed by atoms with Gasteiger partial charge in [-0.25, -0.2) is 0 Å². The van der Waals surface area contributed by atoms with Crippen LogP contribution in [0, 0.1) is 18.3 Å². The zero-order valence-electron chi connectivity index (χ0n) is 18.3. The highest BCUT2D eigenvalue weighted by Gasteiger charge is 2.39. The molecule has 3 rings (SSSR count). The molecule has 0 unspecified atom stereocenters. The van der Waals surface area contributed by atoms with Crippen LogP contribution in [0.15, 0.2) is 18.2 Å². The maximum Gasteiger partial charge on any atom is 0.251 e. The highest BCUT2D eigenvalue weighted by molar-refractivity contribution is 5.95. The molecule has 0 aliphatic heterocycles. The summed E-state index contributed by atoms with van der Waals surface area (Å²) in [6.07, 6.45) is 9.25. The van der Waals surface area contributed by atoms with Gasteiger partial charge in [-0.2, -0.15) is 0 Å². The molecule has 2 bridgehead atoms. The number of carbonyl (C=O) groups is 1. The lowest BCUT2D eigenvalue weighted by Crippen LogP contribution is -2.43. The Balaban J connectivity index is 1.63. The maximum absolute atomic E-state index is 13.0. The number of likely N-dealkylation sites (N-methyl/N-ethyl adjacent to an activating group) is 1. The van der Waals surface area contributed by atoms with Gasteiger partial charge in [0.25, 0.3) is 5.91 Å². The zero-order valence-corrected chi connectivity index (χ0v) is 18.3. The molecule has 2 fully saturated rings. The van der Waals surface area contributed by atoms with Crippen LogP contribution in [0.4, 0.5) is 0 Å². The monoisotopic (exact) mass is 401 g/mol. The Morgan fingerprint density at radius 3 is 2.69 bits per heavy atom. The fraction of sp³-hybridized carbons (Fsp3) is 0.708. The van der Waals surface area contributed by atoms with E-state index in [0.717, 1.165) is 48.8 Å². The Kier molecular flexibility index (Phi) is 8.10. The molecule has 2 aliphatic rings. The van der Waals surface area contributed by atoms with E-state index in [0.29, 0.717) is 12.0 Å². The van der Waals surface area contributed by atoms with E-state index in [1.165, 1.54) is 44.9 Å². The number of aryl methyl sites for hydroxylation is 1. The molecule has 0 spiro atoms. The normalized spacial score (nSPS) is 23.9. The van der Waals surface area contributed by atoms with E-state index < -0.39 is 0 Å². The number of hydrogen-bond acceptors (Lipinski definition) is 4. The SMILES string of the molecule is CNCCN(CCO)Cc1ccc(C)c(C(=O)NCC23CCCC(CCC2)C3)c1. The van der Waals surface area contributed by atoms with E-state index in [1.54, 1.807) is 0 Å². The summed E-state index contributed by atoms with van der Waals surface area (Å²) < 4.78 is 0. The first-order chi connectivity index (χ1) is 14.0. The third-order valence-corrected chi connectivity index (χ3v) is 7.03. The Bertz CT molecular complexity index is 666. The van der Waals surface area contributed by atoms with Gasteiger partial charge in [-0.3, -0.25) is 9.69 Å². The molecule has 0 atom stereocenters. The van der Waals surface area contributed by atoms with Crippen LogP contribution in [-0.4, -0.2) is 55.7 Å². The van der Waals surface area contributed by atoms with Crippen molar-refractivity contribution < 1.29 is 9.90 Å². The predicted molar refractivity (Wildman–Crippen MR) is 118 cm³/mol. The highest BCUT2D eigenvalue weighted by Crippen LogP contribution is 2.48. The van der Waals surface area contributed by atoms with E-state index in [9.17, 15) is 9.90 Å². The summed E-state index contributed by atoms with van der Waals surface area (Å²) in [7, 11) is 1.94. The molecular formula is C24H39N3O2. The molecule has 1 aromatic rings. The van der Waals surface area contributed by atoms with Crippen molar-refractivity contribution in [1.29, 1.82) is 0 Å². The fourth-order valence-corrected chi connectivity index (χ4v) is 5.38. The number of nitrogens with one attached hydrogen (secondary N) is 2. The van der Waals surface area contributed by atoms with Gasteiger partial charge in [0.2, 0.25) is 0 Å². The summed E-state index contributed by atoms with van der Waals surface area (Å²) in [5.41, 5.74) is 3.28. The quantitative estimate of drug-likeness (QED) is 0.564. The first kappa shape index (κ1) is 22.3. The summed E-state index contributed by atoms with van der Waals surface area (Å²) in [6.45, 7) is 6.12. The summed E-state index contributed by atoms with van der Waals surface area (Å²) in [5, 5.41) is 15.8. The number of benzene rings is 1. The number of amides is 1. The molecule has 1 aromatic carbocycles.